The molecule has 1 amide bonds. The zero-order chi connectivity index (χ0) is 18.4. The second kappa shape index (κ2) is 8.87. The van der Waals surface area contributed by atoms with Crippen molar-refractivity contribution >= 4 is 44.0 Å². The van der Waals surface area contributed by atoms with Gasteiger partial charge < -0.3 is 14.6 Å². The van der Waals surface area contributed by atoms with E-state index in [0.29, 0.717) is 33.7 Å². The topological polar surface area (TPSA) is 80.2 Å². The fourth-order valence-electron chi connectivity index (χ4n) is 2.02. The maximum absolute atomic E-state index is 12.3. The molecular formula is C17H16Br2N2O4. The third kappa shape index (κ3) is 4.96. The van der Waals surface area contributed by atoms with Gasteiger partial charge in [-0.05, 0) is 58.7 Å². The zero-order valence-corrected chi connectivity index (χ0v) is 16.7. The standard InChI is InChI=1S/C17H16Br2N2O4/c1-3-25-15-7-10(6-13(19)16(15)22)9-20-21-17(23)12-8-11(18)4-5-14(12)24-2/h4-9,22H,3H2,1-2H3,(H,21,23). The number of nitrogens with one attached hydrogen (secondary N) is 1. The van der Waals surface area contributed by atoms with Gasteiger partial charge in [-0.3, -0.25) is 4.79 Å². The number of nitrogens with zero attached hydrogens (tertiary/aromatic N) is 1. The van der Waals surface area contributed by atoms with E-state index in [0.717, 1.165) is 4.47 Å². The largest absolute Gasteiger partial charge is 0.503 e. The molecule has 0 saturated carbocycles. The number of hydrogen-bond donors (Lipinski definition) is 2. The Hall–Kier alpha value is -2.06. The van der Waals surface area contributed by atoms with Crippen LogP contribution in [0.25, 0.3) is 0 Å². The molecule has 2 aromatic rings. The first-order valence-electron chi connectivity index (χ1n) is 7.28. The number of hydrogen-bond acceptors (Lipinski definition) is 5. The maximum atomic E-state index is 12.3. The molecule has 0 bridgehead atoms. The highest BCUT2D eigenvalue weighted by molar-refractivity contribution is 9.10. The summed E-state index contributed by atoms with van der Waals surface area (Å²) in [4.78, 5) is 12.3. The number of amides is 1. The average Bonchev–Trinajstić information content (AvgIpc) is 2.59. The van der Waals surface area contributed by atoms with Crippen molar-refractivity contribution < 1.29 is 19.4 Å². The summed E-state index contributed by atoms with van der Waals surface area (Å²) in [5.41, 5.74) is 3.45. The van der Waals surface area contributed by atoms with E-state index in [9.17, 15) is 9.90 Å². The van der Waals surface area contributed by atoms with Crippen LogP contribution >= 0.6 is 31.9 Å². The minimum Gasteiger partial charge on any atom is -0.503 e. The van der Waals surface area contributed by atoms with E-state index in [-0.39, 0.29) is 5.75 Å². The van der Waals surface area contributed by atoms with Gasteiger partial charge in [0, 0.05) is 4.47 Å². The normalized spacial score (nSPS) is 10.7. The van der Waals surface area contributed by atoms with Crippen LogP contribution in [-0.2, 0) is 0 Å². The van der Waals surface area contributed by atoms with Crippen molar-refractivity contribution in [2.24, 2.45) is 5.10 Å². The lowest BCUT2D eigenvalue weighted by Crippen LogP contribution is -2.18. The SMILES string of the molecule is CCOc1cc(C=NNC(=O)c2cc(Br)ccc2OC)cc(Br)c1O. The number of phenolic OH excluding ortho intramolecular Hbond substituents is 1. The molecule has 0 aromatic heterocycles. The number of halogens is 2. The molecule has 0 fully saturated rings. The number of rotatable bonds is 6. The van der Waals surface area contributed by atoms with E-state index in [1.807, 2.05) is 6.92 Å². The number of methoxy groups -OCH3 is 1. The summed E-state index contributed by atoms with van der Waals surface area (Å²) >= 11 is 6.57. The van der Waals surface area contributed by atoms with Crippen molar-refractivity contribution in [1.29, 1.82) is 0 Å². The third-order valence-electron chi connectivity index (χ3n) is 3.14. The summed E-state index contributed by atoms with van der Waals surface area (Å²) in [6.45, 7) is 2.24. The smallest absolute Gasteiger partial charge is 0.275 e. The van der Waals surface area contributed by atoms with Crippen molar-refractivity contribution in [2.75, 3.05) is 13.7 Å². The molecule has 25 heavy (non-hydrogen) atoms. The second-order valence-electron chi connectivity index (χ2n) is 4.83. The van der Waals surface area contributed by atoms with Crippen molar-refractivity contribution in [2.45, 2.75) is 6.92 Å². The van der Waals surface area contributed by atoms with Gasteiger partial charge in [0.25, 0.3) is 5.91 Å². The van der Waals surface area contributed by atoms with Crippen LogP contribution in [0.3, 0.4) is 0 Å². The van der Waals surface area contributed by atoms with Crippen LogP contribution in [-0.4, -0.2) is 30.9 Å². The molecule has 8 heteroatoms. The van der Waals surface area contributed by atoms with Gasteiger partial charge in [0.15, 0.2) is 11.5 Å². The predicted molar refractivity (Wildman–Crippen MR) is 103 cm³/mol. The number of carbonyl (C=O) groups excluding carboxylic acids is 1. The second-order valence-corrected chi connectivity index (χ2v) is 6.60. The van der Waals surface area contributed by atoms with Crippen LogP contribution < -0.4 is 14.9 Å². The first-order valence-corrected chi connectivity index (χ1v) is 8.87. The highest BCUT2D eigenvalue weighted by Crippen LogP contribution is 2.35. The Bertz CT molecular complexity index is 809. The molecule has 0 spiro atoms. The Morgan fingerprint density at radius 3 is 2.72 bits per heavy atom. The fraction of sp³-hybridized carbons (Fsp3) is 0.176. The lowest BCUT2D eigenvalue weighted by atomic mass is 10.2. The minimum absolute atomic E-state index is 0.0157. The van der Waals surface area contributed by atoms with Gasteiger partial charge in [0.05, 0.1) is 30.0 Å². The van der Waals surface area contributed by atoms with Gasteiger partial charge in [0.1, 0.15) is 5.75 Å². The zero-order valence-electron chi connectivity index (χ0n) is 13.5. The lowest BCUT2D eigenvalue weighted by Gasteiger charge is -2.09. The molecular weight excluding hydrogens is 456 g/mol. The van der Waals surface area contributed by atoms with Crippen molar-refractivity contribution in [3.05, 3.63) is 50.4 Å². The van der Waals surface area contributed by atoms with E-state index in [1.165, 1.54) is 13.3 Å². The monoisotopic (exact) mass is 470 g/mol. The number of carbonyl (C=O) groups is 1. The van der Waals surface area contributed by atoms with Crippen LogP contribution in [0.1, 0.15) is 22.8 Å². The van der Waals surface area contributed by atoms with E-state index < -0.39 is 5.91 Å². The molecule has 132 valence electrons. The number of phenols is 1. The van der Waals surface area contributed by atoms with Crippen LogP contribution in [0.4, 0.5) is 0 Å². The van der Waals surface area contributed by atoms with Crippen LogP contribution in [0.5, 0.6) is 17.2 Å². The Morgan fingerprint density at radius 1 is 1.28 bits per heavy atom. The lowest BCUT2D eigenvalue weighted by molar-refractivity contribution is 0.0952. The molecule has 2 N–H and O–H groups in total. The summed E-state index contributed by atoms with van der Waals surface area (Å²) in [5, 5.41) is 13.8. The molecule has 2 rings (SSSR count). The summed E-state index contributed by atoms with van der Waals surface area (Å²) in [5.74, 6) is 0.388. The first-order chi connectivity index (χ1) is 12.0. The quantitative estimate of drug-likeness (QED) is 0.491. The molecule has 2 aromatic carbocycles. The number of hydrazone groups is 1. The van der Waals surface area contributed by atoms with Gasteiger partial charge in [0.2, 0.25) is 0 Å². The van der Waals surface area contributed by atoms with Crippen molar-refractivity contribution in [1.82, 2.24) is 5.43 Å². The highest BCUT2D eigenvalue weighted by atomic mass is 79.9. The average molecular weight is 472 g/mol. The van der Waals surface area contributed by atoms with E-state index in [1.54, 1.807) is 30.3 Å². The fourth-order valence-corrected chi connectivity index (χ4v) is 2.84. The Kier molecular flexibility index (Phi) is 6.83. The summed E-state index contributed by atoms with van der Waals surface area (Å²) < 4.78 is 11.7. The summed E-state index contributed by atoms with van der Waals surface area (Å²) in [7, 11) is 1.49. The first kappa shape index (κ1) is 19.3. The third-order valence-corrected chi connectivity index (χ3v) is 4.23. The Labute approximate surface area is 162 Å². The van der Waals surface area contributed by atoms with E-state index in [2.05, 4.69) is 42.4 Å². The highest BCUT2D eigenvalue weighted by Gasteiger charge is 2.12. The molecule has 0 heterocycles. The van der Waals surface area contributed by atoms with Gasteiger partial charge in [-0.2, -0.15) is 5.10 Å². The van der Waals surface area contributed by atoms with E-state index in [4.69, 9.17) is 9.47 Å². The van der Waals surface area contributed by atoms with Crippen LogP contribution in [0.2, 0.25) is 0 Å². The predicted octanol–water partition coefficient (Wildman–Crippen LogP) is 4.09. The Morgan fingerprint density at radius 2 is 2.04 bits per heavy atom. The van der Waals surface area contributed by atoms with Crippen molar-refractivity contribution in [3.63, 3.8) is 0 Å². The molecule has 0 aliphatic heterocycles. The van der Waals surface area contributed by atoms with Crippen molar-refractivity contribution in [3.8, 4) is 17.2 Å². The number of aromatic hydroxyl groups is 1. The molecule has 6 nitrogen and oxygen atoms in total. The Balaban J connectivity index is 2.16. The van der Waals surface area contributed by atoms with Gasteiger partial charge >= 0.3 is 0 Å². The molecule has 0 aliphatic rings. The molecule has 0 unspecified atom stereocenters. The van der Waals surface area contributed by atoms with E-state index >= 15 is 0 Å². The number of benzene rings is 2. The van der Waals surface area contributed by atoms with Crippen LogP contribution in [0, 0.1) is 0 Å². The molecule has 0 radical (unpaired) electrons. The van der Waals surface area contributed by atoms with Gasteiger partial charge in [-0.1, -0.05) is 15.9 Å². The molecule has 0 atom stereocenters. The minimum atomic E-state index is -0.405. The van der Waals surface area contributed by atoms with Gasteiger partial charge in [-0.25, -0.2) is 5.43 Å². The molecule has 0 aliphatic carbocycles. The summed E-state index contributed by atoms with van der Waals surface area (Å²) in [6, 6.07) is 8.40. The number of ether oxygens (including phenoxy) is 2. The van der Waals surface area contributed by atoms with Crippen LogP contribution in [0.15, 0.2) is 44.4 Å². The molecule has 0 saturated heterocycles. The van der Waals surface area contributed by atoms with Gasteiger partial charge in [-0.15, -0.1) is 0 Å². The summed E-state index contributed by atoms with van der Waals surface area (Å²) in [6.07, 6.45) is 1.45. The maximum Gasteiger partial charge on any atom is 0.275 e.